The Morgan fingerprint density at radius 3 is 1.10 bits per heavy atom. The molecule has 0 heterocycles. The maximum Gasteiger partial charge on any atom is 0.248 e. The highest BCUT2D eigenvalue weighted by Crippen LogP contribution is 1.95. The summed E-state index contributed by atoms with van der Waals surface area (Å²) >= 11 is 0. The van der Waals surface area contributed by atoms with Crippen molar-refractivity contribution in [2.45, 2.75) is 0 Å². The van der Waals surface area contributed by atoms with Gasteiger partial charge in [-0.3, -0.25) is 9.59 Å². The summed E-state index contributed by atoms with van der Waals surface area (Å²) in [5.41, 5.74) is 11.1. The zero-order chi connectivity index (χ0) is 15.4. The quantitative estimate of drug-likeness (QED) is 0.865. The number of primary amides is 2. The van der Waals surface area contributed by atoms with Gasteiger partial charge in [0.05, 0.1) is 0 Å². The van der Waals surface area contributed by atoms with Gasteiger partial charge in [-0.15, -0.1) is 0 Å². The Balaban J connectivity index is 0.000000321. The molecule has 5 nitrogen and oxygen atoms in total. The highest BCUT2D eigenvalue weighted by atomic mass is 16.1. The maximum absolute atomic E-state index is 10.4. The van der Waals surface area contributed by atoms with Crippen molar-refractivity contribution in [2.24, 2.45) is 11.5 Å². The molecule has 2 amide bonds. The number of amides is 2. The van der Waals surface area contributed by atoms with Gasteiger partial charge in [0.15, 0.2) is 0 Å². The van der Waals surface area contributed by atoms with Gasteiger partial charge in [-0.25, -0.2) is 5.26 Å². The topological polar surface area (TPSA) is 110 Å². The second-order valence-corrected chi connectivity index (χ2v) is 3.46. The fraction of sp³-hybridized carbons (Fsp3) is 0. The predicted molar refractivity (Wildman–Crippen MR) is 76.6 cm³/mol. The first-order valence-electron chi connectivity index (χ1n) is 5.57. The fourth-order valence-corrected chi connectivity index (χ4v) is 1.20. The molecule has 0 aliphatic rings. The average molecular weight is 269 g/mol. The molecule has 4 N–H and O–H groups in total. The molecule has 0 radical (unpaired) electrons. The van der Waals surface area contributed by atoms with Crippen molar-refractivity contribution in [3.8, 4) is 6.57 Å². The van der Waals surface area contributed by atoms with E-state index in [0.717, 1.165) is 0 Å². The molecule has 0 unspecified atom stereocenters. The minimum absolute atomic E-state index is 0.379. The number of nitrogens with zero attached hydrogens (tertiary/aromatic N) is 1. The lowest BCUT2D eigenvalue weighted by Gasteiger charge is -1.89. The van der Waals surface area contributed by atoms with Gasteiger partial charge in [0.1, 0.15) is 0 Å². The summed E-state index contributed by atoms with van der Waals surface area (Å²) in [6, 6.07) is 17.5. The van der Waals surface area contributed by atoms with Crippen molar-refractivity contribution >= 4 is 11.8 Å². The first kappa shape index (κ1) is 16.9. The van der Waals surface area contributed by atoms with Crippen LogP contribution < -0.4 is 11.5 Å². The van der Waals surface area contributed by atoms with E-state index in [0.29, 0.717) is 11.1 Å². The van der Waals surface area contributed by atoms with E-state index in [1.54, 1.807) is 48.5 Å². The largest absolute Gasteiger partial charge is 0.366 e. The average Bonchev–Trinajstić information content (AvgIpc) is 2.51. The van der Waals surface area contributed by atoms with Crippen LogP contribution in [0.1, 0.15) is 20.7 Å². The predicted octanol–water partition coefficient (Wildman–Crippen LogP) is 1.71. The zero-order valence-electron chi connectivity index (χ0n) is 10.8. The summed E-state index contributed by atoms with van der Waals surface area (Å²) < 4.78 is 0. The monoisotopic (exact) mass is 269 g/mol. The summed E-state index contributed by atoms with van der Waals surface area (Å²) in [7, 11) is 0. The van der Waals surface area contributed by atoms with Gasteiger partial charge in [0.25, 0.3) is 0 Å². The number of rotatable bonds is 2. The fourth-order valence-electron chi connectivity index (χ4n) is 1.20. The molecule has 0 saturated heterocycles. The summed E-state index contributed by atoms with van der Waals surface area (Å²) in [4.78, 5) is 20.8. The van der Waals surface area contributed by atoms with Crippen LogP contribution >= 0.6 is 0 Å². The SMILES string of the molecule is C#N.NC(=O)c1ccccc1.NC(=O)c1ccccc1. The zero-order valence-corrected chi connectivity index (χ0v) is 10.8. The number of carbonyl (C=O) groups is 2. The molecule has 0 aromatic heterocycles. The van der Waals surface area contributed by atoms with Crippen LogP contribution in [0.15, 0.2) is 60.7 Å². The van der Waals surface area contributed by atoms with Crippen molar-refractivity contribution in [2.75, 3.05) is 0 Å². The molecule has 0 bridgehead atoms. The van der Waals surface area contributed by atoms with Gasteiger partial charge >= 0.3 is 0 Å². The molecular formula is C15H15N3O2. The Bertz CT molecular complexity index is 502. The number of hydrogen-bond acceptors (Lipinski definition) is 3. The van der Waals surface area contributed by atoms with E-state index in [4.69, 9.17) is 16.7 Å². The molecule has 102 valence electrons. The Morgan fingerprint density at radius 2 is 0.950 bits per heavy atom. The van der Waals surface area contributed by atoms with Gasteiger partial charge in [-0.2, -0.15) is 0 Å². The van der Waals surface area contributed by atoms with Crippen LogP contribution in [0.2, 0.25) is 0 Å². The molecule has 0 spiro atoms. The third kappa shape index (κ3) is 6.57. The lowest BCUT2D eigenvalue weighted by molar-refractivity contribution is 0.0992. The van der Waals surface area contributed by atoms with E-state index in [9.17, 15) is 9.59 Å². The van der Waals surface area contributed by atoms with Crippen LogP contribution in [-0.4, -0.2) is 11.8 Å². The maximum atomic E-state index is 10.4. The van der Waals surface area contributed by atoms with E-state index in [-0.39, 0.29) is 11.8 Å². The minimum atomic E-state index is -0.379. The summed E-state index contributed by atoms with van der Waals surface area (Å²) in [5, 5.41) is 6.50. The van der Waals surface area contributed by atoms with Crippen molar-refractivity contribution in [1.29, 1.82) is 5.26 Å². The van der Waals surface area contributed by atoms with Gasteiger partial charge in [-0.05, 0) is 24.3 Å². The van der Waals surface area contributed by atoms with Crippen molar-refractivity contribution < 1.29 is 9.59 Å². The van der Waals surface area contributed by atoms with Crippen LogP contribution in [0.25, 0.3) is 0 Å². The van der Waals surface area contributed by atoms with Crippen LogP contribution in [0, 0.1) is 11.8 Å². The Morgan fingerprint density at radius 1 is 0.700 bits per heavy atom. The molecule has 0 saturated carbocycles. The first-order chi connectivity index (χ1) is 9.61. The molecule has 0 atom stereocenters. The first-order valence-corrected chi connectivity index (χ1v) is 5.57. The Hall–Kier alpha value is -3.13. The number of nitrogens with two attached hydrogens (primary N) is 2. The molecular weight excluding hydrogens is 254 g/mol. The van der Waals surface area contributed by atoms with Crippen LogP contribution in [0.4, 0.5) is 0 Å². The number of benzene rings is 2. The molecule has 2 aromatic carbocycles. The molecule has 2 rings (SSSR count). The summed E-state index contributed by atoms with van der Waals surface area (Å²) in [5.74, 6) is -0.758. The van der Waals surface area contributed by atoms with Crippen molar-refractivity contribution in [1.82, 2.24) is 0 Å². The van der Waals surface area contributed by atoms with Crippen molar-refractivity contribution in [3.05, 3.63) is 71.8 Å². The third-order valence-corrected chi connectivity index (χ3v) is 2.12. The van der Waals surface area contributed by atoms with Crippen LogP contribution in [0.3, 0.4) is 0 Å². The van der Waals surface area contributed by atoms with Crippen LogP contribution in [-0.2, 0) is 0 Å². The Labute approximate surface area is 117 Å². The van der Waals surface area contributed by atoms with E-state index >= 15 is 0 Å². The van der Waals surface area contributed by atoms with E-state index in [1.165, 1.54) is 0 Å². The Kier molecular flexibility index (Phi) is 8.31. The third-order valence-electron chi connectivity index (χ3n) is 2.12. The second kappa shape index (κ2) is 9.85. The molecule has 2 aromatic rings. The van der Waals surface area contributed by atoms with Gasteiger partial charge < -0.3 is 11.5 Å². The van der Waals surface area contributed by atoms with E-state index < -0.39 is 0 Å². The van der Waals surface area contributed by atoms with E-state index in [1.807, 2.05) is 12.1 Å². The lowest BCUT2D eigenvalue weighted by Crippen LogP contribution is -2.09. The summed E-state index contributed by atoms with van der Waals surface area (Å²) in [6.07, 6.45) is 0. The molecule has 0 aliphatic heterocycles. The molecule has 5 heteroatoms. The standard InChI is InChI=1S/2C7H7NO.CHN/c2*8-7(9)6-4-2-1-3-5-6;1-2/h2*1-5H,(H2,8,9);1H. The normalized spacial score (nSPS) is 8.10. The minimum Gasteiger partial charge on any atom is -0.366 e. The lowest BCUT2D eigenvalue weighted by atomic mass is 10.2. The van der Waals surface area contributed by atoms with Crippen LogP contribution in [0.5, 0.6) is 0 Å². The van der Waals surface area contributed by atoms with Gasteiger partial charge in [-0.1, -0.05) is 36.4 Å². The molecule has 0 fully saturated rings. The number of hydrogen-bond donors (Lipinski definition) is 2. The smallest absolute Gasteiger partial charge is 0.248 e. The molecule has 20 heavy (non-hydrogen) atoms. The number of carbonyl (C=O) groups excluding carboxylic acids is 2. The van der Waals surface area contributed by atoms with Gasteiger partial charge in [0, 0.05) is 17.7 Å². The van der Waals surface area contributed by atoms with Crippen molar-refractivity contribution in [3.63, 3.8) is 0 Å². The molecule has 0 aliphatic carbocycles. The van der Waals surface area contributed by atoms with E-state index in [2.05, 4.69) is 6.57 Å². The highest BCUT2D eigenvalue weighted by molar-refractivity contribution is 5.93. The highest BCUT2D eigenvalue weighted by Gasteiger charge is 1.94. The second-order valence-electron chi connectivity index (χ2n) is 3.46. The summed E-state index contributed by atoms with van der Waals surface area (Å²) in [6.45, 7) is 3.50. The van der Waals surface area contributed by atoms with Gasteiger partial charge in [0.2, 0.25) is 11.8 Å². The number of nitriles is 1.